The first kappa shape index (κ1) is 18.9. The van der Waals surface area contributed by atoms with Gasteiger partial charge in [0.1, 0.15) is 23.1 Å². The van der Waals surface area contributed by atoms with Crippen molar-refractivity contribution in [3.63, 3.8) is 0 Å². The SMILES string of the molecule is Cc1nc(Nc2ccccc2OC(C)C)cc(C(=O)N2CCc3ccccc32)n1. The van der Waals surface area contributed by atoms with Crippen molar-refractivity contribution in [2.45, 2.75) is 33.3 Å². The lowest BCUT2D eigenvalue weighted by molar-refractivity contribution is 0.0984. The maximum atomic E-state index is 13.2. The fourth-order valence-electron chi connectivity index (χ4n) is 3.49. The highest BCUT2D eigenvalue weighted by Crippen LogP contribution is 2.30. The van der Waals surface area contributed by atoms with Gasteiger partial charge >= 0.3 is 0 Å². The third-order valence-electron chi connectivity index (χ3n) is 4.70. The minimum absolute atomic E-state index is 0.0532. The standard InChI is InChI=1S/C23H24N4O2/c1-15(2)29-21-11-7-5-9-18(21)26-22-14-19(24-16(3)25-22)23(28)27-13-12-17-8-4-6-10-20(17)27/h4-11,14-15H,12-13H2,1-3H3,(H,24,25,26). The molecule has 29 heavy (non-hydrogen) atoms. The van der Waals surface area contributed by atoms with Crippen LogP contribution in [0.25, 0.3) is 0 Å². The first-order valence-corrected chi connectivity index (χ1v) is 9.79. The zero-order chi connectivity index (χ0) is 20.4. The molecule has 1 aromatic heterocycles. The molecular formula is C23H24N4O2. The maximum absolute atomic E-state index is 13.2. The number of benzene rings is 2. The number of carbonyl (C=O) groups is 1. The van der Waals surface area contributed by atoms with Crippen molar-refractivity contribution in [1.29, 1.82) is 0 Å². The van der Waals surface area contributed by atoms with Crippen molar-refractivity contribution in [3.8, 4) is 5.75 Å². The molecule has 148 valence electrons. The number of ether oxygens (including phenoxy) is 1. The predicted octanol–water partition coefficient (Wildman–Crippen LogP) is 4.52. The molecule has 0 radical (unpaired) electrons. The smallest absolute Gasteiger partial charge is 0.277 e. The molecule has 0 aliphatic carbocycles. The number of anilines is 3. The van der Waals surface area contributed by atoms with E-state index in [1.54, 1.807) is 17.9 Å². The van der Waals surface area contributed by atoms with Crippen molar-refractivity contribution < 1.29 is 9.53 Å². The number of hydrogen-bond acceptors (Lipinski definition) is 5. The van der Waals surface area contributed by atoms with E-state index < -0.39 is 0 Å². The van der Waals surface area contributed by atoms with Crippen molar-refractivity contribution in [2.75, 3.05) is 16.8 Å². The Morgan fingerprint density at radius 3 is 2.69 bits per heavy atom. The number of nitrogens with zero attached hydrogens (tertiary/aromatic N) is 3. The molecule has 2 aromatic carbocycles. The normalized spacial score (nSPS) is 12.8. The molecule has 1 N–H and O–H groups in total. The second-order valence-corrected chi connectivity index (χ2v) is 7.31. The molecule has 4 rings (SSSR count). The molecule has 1 aliphatic heterocycles. The molecule has 6 nitrogen and oxygen atoms in total. The van der Waals surface area contributed by atoms with Crippen LogP contribution in [-0.4, -0.2) is 28.5 Å². The lowest BCUT2D eigenvalue weighted by atomic mass is 10.2. The Hall–Kier alpha value is -3.41. The third-order valence-corrected chi connectivity index (χ3v) is 4.70. The van der Waals surface area contributed by atoms with Gasteiger partial charge in [-0.2, -0.15) is 0 Å². The summed E-state index contributed by atoms with van der Waals surface area (Å²) in [5.74, 6) is 1.72. The lowest BCUT2D eigenvalue weighted by Gasteiger charge is -2.18. The number of aromatic nitrogens is 2. The van der Waals surface area contributed by atoms with Gasteiger partial charge in [-0.15, -0.1) is 0 Å². The molecule has 6 heteroatoms. The van der Waals surface area contributed by atoms with E-state index in [9.17, 15) is 4.79 Å². The highest BCUT2D eigenvalue weighted by atomic mass is 16.5. The van der Waals surface area contributed by atoms with Gasteiger partial charge in [-0.25, -0.2) is 9.97 Å². The molecule has 0 atom stereocenters. The minimum Gasteiger partial charge on any atom is -0.489 e. The van der Waals surface area contributed by atoms with Crippen molar-refractivity contribution in [2.24, 2.45) is 0 Å². The van der Waals surface area contributed by atoms with Gasteiger partial charge in [0.25, 0.3) is 5.91 Å². The van der Waals surface area contributed by atoms with Crippen LogP contribution in [-0.2, 0) is 6.42 Å². The monoisotopic (exact) mass is 388 g/mol. The van der Waals surface area contributed by atoms with E-state index >= 15 is 0 Å². The Morgan fingerprint density at radius 1 is 1.10 bits per heavy atom. The van der Waals surface area contributed by atoms with Gasteiger partial charge in [0.2, 0.25) is 0 Å². The number of amides is 1. The van der Waals surface area contributed by atoms with Crippen molar-refractivity contribution >= 4 is 23.1 Å². The van der Waals surface area contributed by atoms with Crippen LogP contribution in [0.5, 0.6) is 5.75 Å². The van der Waals surface area contributed by atoms with Crippen LogP contribution in [0.3, 0.4) is 0 Å². The molecule has 0 spiro atoms. The number of fused-ring (bicyclic) bond motifs is 1. The van der Waals surface area contributed by atoms with E-state index in [0.717, 1.165) is 23.5 Å². The molecular weight excluding hydrogens is 364 g/mol. The van der Waals surface area contributed by atoms with Crippen LogP contribution in [0, 0.1) is 6.92 Å². The summed E-state index contributed by atoms with van der Waals surface area (Å²) in [7, 11) is 0. The molecule has 0 saturated carbocycles. The fraction of sp³-hybridized carbons (Fsp3) is 0.261. The second-order valence-electron chi connectivity index (χ2n) is 7.31. The van der Waals surface area contributed by atoms with Gasteiger partial charge in [0, 0.05) is 18.3 Å². The van der Waals surface area contributed by atoms with Gasteiger partial charge in [-0.3, -0.25) is 4.79 Å². The van der Waals surface area contributed by atoms with Crippen LogP contribution in [0.4, 0.5) is 17.2 Å². The molecule has 0 saturated heterocycles. The van der Waals surface area contributed by atoms with Crippen molar-refractivity contribution in [3.05, 3.63) is 71.7 Å². The number of carbonyl (C=O) groups excluding carboxylic acids is 1. The number of para-hydroxylation sites is 3. The lowest BCUT2D eigenvalue weighted by Crippen LogP contribution is -2.30. The summed E-state index contributed by atoms with van der Waals surface area (Å²) in [5.41, 5.74) is 3.31. The van der Waals surface area contributed by atoms with E-state index in [1.807, 2.05) is 56.3 Å². The summed E-state index contributed by atoms with van der Waals surface area (Å²) in [6.07, 6.45) is 0.911. The summed E-state index contributed by atoms with van der Waals surface area (Å²) < 4.78 is 5.86. The maximum Gasteiger partial charge on any atom is 0.277 e. The summed E-state index contributed by atoms with van der Waals surface area (Å²) in [6.45, 7) is 6.41. The summed E-state index contributed by atoms with van der Waals surface area (Å²) >= 11 is 0. The van der Waals surface area contributed by atoms with Gasteiger partial charge in [-0.05, 0) is 51.0 Å². The van der Waals surface area contributed by atoms with Crippen LogP contribution in [0.1, 0.15) is 35.7 Å². The Kier molecular flexibility index (Phi) is 5.16. The fourth-order valence-corrected chi connectivity index (χ4v) is 3.49. The second kappa shape index (κ2) is 7.91. The average Bonchev–Trinajstić information content (AvgIpc) is 3.12. The van der Waals surface area contributed by atoms with Crippen LogP contribution in [0.15, 0.2) is 54.6 Å². The van der Waals surface area contributed by atoms with Gasteiger partial charge in [0.15, 0.2) is 0 Å². The highest BCUT2D eigenvalue weighted by Gasteiger charge is 2.26. The van der Waals surface area contributed by atoms with Crippen molar-refractivity contribution in [1.82, 2.24) is 9.97 Å². The number of nitrogens with one attached hydrogen (secondary N) is 1. The number of aryl methyl sites for hydroxylation is 1. The summed E-state index contributed by atoms with van der Waals surface area (Å²) in [5, 5.41) is 3.28. The van der Waals surface area contributed by atoms with E-state index in [-0.39, 0.29) is 12.0 Å². The molecule has 0 unspecified atom stereocenters. The zero-order valence-corrected chi connectivity index (χ0v) is 16.8. The third kappa shape index (κ3) is 4.06. The number of rotatable bonds is 5. The van der Waals surface area contributed by atoms with Crippen LogP contribution in [0.2, 0.25) is 0 Å². The highest BCUT2D eigenvalue weighted by molar-refractivity contribution is 6.06. The van der Waals surface area contributed by atoms with E-state index in [0.29, 0.717) is 23.9 Å². The first-order valence-electron chi connectivity index (χ1n) is 9.79. The Balaban J connectivity index is 1.62. The van der Waals surface area contributed by atoms with E-state index in [4.69, 9.17) is 4.74 Å². The molecule has 0 bridgehead atoms. The van der Waals surface area contributed by atoms with Crippen LogP contribution >= 0.6 is 0 Å². The zero-order valence-electron chi connectivity index (χ0n) is 16.8. The van der Waals surface area contributed by atoms with E-state index in [2.05, 4.69) is 21.4 Å². The quantitative estimate of drug-likeness (QED) is 0.696. The molecule has 3 aromatic rings. The summed E-state index contributed by atoms with van der Waals surface area (Å²) in [6, 6.07) is 17.4. The Labute approximate surface area is 170 Å². The topological polar surface area (TPSA) is 67.4 Å². The molecule has 1 amide bonds. The van der Waals surface area contributed by atoms with Gasteiger partial charge < -0.3 is 15.0 Å². The summed E-state index contributed by atoms with van der Waals surface area (Å²) in [4.78, 5) is 23.8. The van der Waals surface area contributed by atoms with E-state index in [1.165, 1.54) is 5.56 Å². The molecule has 1 aliphatic rings. The first-order chi connectivity index (χ1) is 14.0. The van der Waals surface area contributed by atoms with Crippen LogP contribution < -0.4 is 15.0 Å². The van der Waals surface area contributed by atoms with Gasteiger partial charge in [-0.1, -0.05) is 30.3 Å². The average molecular weight is 388 g/mol. The minimum atomic E-state index is -0.116. The number of hydrogen-bond donors (Lipinski definition) is 1. The Morgan fingerprint density at radius 2 is 1.86 bits per heavy atom. The largest absolute Gasteiger partial charge is 0.489 e. The molecule has 0 fully saturated rings. The Bertz CT molecular complexity index is 1050. The molecule has 2 heterocycles. The van der Waals surface area contributed by atoms with Gasteiger partial charge in [0.05, 0.1) is 11.8 Å². The predicted molar refractivity (Wildman–Crippen MR) is 114 cm³/mol.